The van der Waals surface area contributed by atoms with Crippen molar-refractivity contribution < 1.29 is 0 Å². The third kappa shape index (κ3) is 2.02. The summed E-state index contributed by atoms with van der Waals surface area (Å²) in [4.78, 5) is 19.2. The minimum atomic E-state index is -0.152. The molecule has 0 aliphatic carbocycles. The number of nitrogens with zero attached hydrogens (tertiary/aromatic N) is 1. The lowest BCUT2D eigenvalue weighted by atomic mass is 9.95. The Morgan fingerprint density at radius 3 is 2.62 bits per heavy atom. The molecule has 0 aliphatic heterocycles. The molecule has 2 aromatic rings. The van der Waals surface area contributed by atoms with E-state index in [0.29, 0.717) is 11.2 Å². The predicted molar refractivity (Wildman–Crippen MR) is 68.8 cm³/mol. The summed E-state index contributed by atoms with van der Waals surface area (Å²) < 4.78 is 0.885. The summed E-state index contributed by atoms with van der Waals surface area (Å²) >= 11 is 3.34. The Hall–Kier alpha value is -1.16. The van der Waals surface area contributed by atoms with Crippen molar-refractivity contribution in [3.05, 3.63) is 38.9 Å². The summed E-state index contributed by atoms with van der Waals surface area (Å²) in [5.74, 6) is 0.715. The molecule has 2 rings (SSSR count). The average Bonchev–Trinajstić information content (AvgIpc) is 2.17. The molecule has 0 amide bonds. The number of aromatic nitrogens is 2. The first-order valence-corrected chi connectivity index (χ1v) is 5.87. The van der Waals surface area contributed by atoms with E-state index in [1.54, 1.807) is 6.07 Å². The predicted octanol–water partition coefficient (Wildman–Crippen LogP) is 2.98. The summed E-state index contributed by atoms with van der Waals surface area (Å²) in [6.45, 7) is 6.07. The van der Waals surface area contributed by atoms with Crippen LogP contribution in [0.15, 0.2) is 27.5 Å². The van der Waals surface area contributed by atoms with Crippen molar-refractivity contribution in [2.24, 2.45) is 0 Å². The Morgan fingerprint density at radius 2 is 2.00 bits per heavy atom. The van der Waals surface area contributed by atoms with Crippen LogP contribution in [0, 0.1) is 0 Å². The Balaban J connectivity index is 2.79. The molecule has 0 saturated carbocycles. The molecular weight excluding hydrogens is 268 g/mol. The smallest absolute Gasteiger partial charge is 0.258 e. The fourth-order valence-corrected chi connectivity index (χ4v) is 1.83. The van der Waals surface area contributed by atoms with Crippen molar-refractivity contribution >= 4 is 26.8 Å². The van der Waals surface area contributed by atoms with Gasteiger partial charge in [-0.25, -0.2) is 4.98 Å². The van der Waals surface area contributed by atoms with Gasteiger partial charge in [-0.2, -0.15) is 0 Å². The quantitative estimate of drug-likeness (QED) is 0.806. The van der Waals surface area contributed by atoms with Gasteiger partial charge in [0.05, 0.1) is 10.9 Å². The zero-order valence-electron chi connectivity index (χ0n) is 9.47. The van der Waals surface area contributed by atoms with Crippen LogP contribution >= 0.6 is 15.9 Å². The summed E-state index contributed by atoms with van der Waals surface area (Å²) in [5.41, 5.74) is 0.494. The number of H-pyrrole nitrogens is 1. The number of fused-ring (bicyclic) bond motifs is 1. The van der Waals surface area contributed by atoms with Gasteiger partial charge in [-0.1, -0.05) is 36.7 Å². The van der Waals surface area contributed by atoms with Crippen molar-refractivity contribution in [2.75, 3.05) is 0 Å². The minimum absolute atomic E-state index is 0.0868. The van der Waals surface area contributed by atoms with Crippen LogP contribution in [0.2, 0.25) is 0 Å². The first-order valence-electron chi connectivity index (χ1n) is 5.08. The van der Waals surface area contributed by atoms with Gasteiger partial charge in [0, 0.05) is 9.89 Å². The van der Waals surface area contributed by atoms with Crippen LogP contribution in [0.1, 0.15) is 26.6 Å². The van der Waals surface area contributed by atoms with Gasteiger partial charge in [0.1, 0.15) is 5.82 Å². The van der Waals surface area contributed by atoms with Crippen LogP contribution in [0.25, 0.3) is 10.9 Å². The van der Waals surface area contributed by atoms with Crippen LogP contribution in [0.4, 0.5) is 0 Å². The molecule has 0 radical (unpaired) electrons. The zero-order valence-corrected chi connectivity index (χ0v) is 11.1. The zero-order chi connectivity index (χ0) is 11.9. The van der Waals surface area contributed by atoms with Crippen molar-refractivity contribution in [1.29, 1.82) is 0 Å². The Labute approximate surface area is 102 Å². The van der Waals surface area contributed by atoms with Crippen LogP contribution in [0.5, 0.6) is 0 Å². The SMILES string of the molecule is CC(C)(C)c1nc2ccc(Br)cc2c(=O)[nH]1. The van der Waals surface area contributed by atoms with E-state index in [4.69, 9.17) is 0 Å². The minimum Gasteiger partial charge on any atom is -0.310 e. The molecule has 0 unspecified atom stereocenters. The Morgan fingerprint density at radius 1 is 1.31 bits per heavy atom. The number of benzene rings is 1. The maximum atomic E-state index is 11.9. The van der Waals surface area contributed by atoms with Crippen LogP contribution < -0.4 is 5.56 Å². The van der Waals surface area contributed by atoms with E-state index >= 15 is 0 Å². The highest BCUT2D eigenvalue weighted by molar-refractivity contribution is 9.10. The highest BCUT2D eigenvalue weighted by Crippen LogP contribution is 2.20. The van der Waals surface area contributed by atoms with Gasteiger partial charge in [-0.15, -0.1) is 0 Å². The monoisotopic (exact) mass is 280 g/mol. The second-order valence-electron chi connectivity index (χ2n) is 4.83. The van der Waals surface area contributed by atoms with Gasteiger partial charge < -0.3 is 4.98 Å². The number of aromatic amines is 1. The molecule has 16 heavy (non-hydrogen) atoms. The molecule has 1 aromatic carbocycles. The maximum Gasteiger partial charge on any atom is 0.258 e. The lowest BCUT2D eigenvalue weighted by Gasteiger charge is -2.17. The molecule has 4 heteroatoms. The molecular formula is C12H13BrN2O. The van der Waals surface area contributed by atoms with Crippen molar-refractivity contribution in [1.82, 2.24) is 9.97 Å². The lowest BCUT2D eigenvalue weighted by molar-refractivity contribution is 0.546. The van der Waals surface area contributed by atoms with E-state index < -0.39 is 0 Å². The van der Waals surface area contributed by atoms with E-state index in [-0.39, 0.29) is 11.0 Å². The second-order valence-corrected chi connectivity index (χ2v) is 5.74. The maximum absolute atomic E-state index is 11.9. The first-order chi connectivity index (χ1) is 7.38. The van der Waals surface area contributed by atoms with Gasteiger partial charge in [0.25, 0.3) is 5.56 Å². The van der Waals surface area contributed by atoms with E-state index in [1.165, 1.54) is 0 Å². The van der Waals surface area contributed by atoms with Gasteiger partial charge >= 0.3 is 0 Å². The molecule has 0 atom stereocenters. The summed E-state index contributed by atoms with van der Waals surface area (Å²) in [6.07, 6.45) is 0. The van der Waals surface area contributed by atoms with E-state index in [1.807, 2.05) is 32.9 Å². The molecule has 1 heterocycles. The largest absolute Gasteiger partial charge is 0.310 e. The van der Waals surface area contributed by atoms with Gasteiger partial charge in [-0.05, 0) is 18.2 Å². The highest BCUT2D eigenvalue weighted by Gasteiger charge is 2.17. The molecule has 0 spiro atoms. The van der Waals surface area contributed by atoms with Crippen molar-refractivity contribution in [2.45, 2.75) is 26.2 Å². The second kappa shape index (κ2) is 3.70. The number of nitrogens with one attached hydrogen (secondary N) is 1. The molecule has 0 aliphatic rings. The summed E-state index contributed by atoms with van der Waals surface area (Å²) in [7, 11) is 0. The summed E-state index contributed by atoms with van der Waals surface area (Å²) in [5, 5.41) is 0.613. The van der Waals surface area contributed by atoms with E-state index in [2.05, 4.69) is 25.9 Å². The Kier molecular flexibility index (Phi) is 2.62. The first kappa shape index (κ1) is 11.3. The molecule has 0 bridgehead atoms. The van der Waals surface area contributed by atoms with Crippen LogP contribution in [-0.4, -0.2) is 9.97 Å². The lowest BCUT2D eigenvalue weighted by Crippen LogP contribution is -2.22. The number of hydrogen-bond acceptors (Lipinski definition) is 2. The normalized spacial score (nSPS) is 12.0. The van der Waals surface area contributed by atoms with Gasteiger partial charge in [0.2, 0.25) is 0 Å². The van der Waals surface area contributed by atoms with Crippen molar-refractivity contribution in [3.8, 4) is 0 Å². The molecule has 84 valence electrons. The Bertz CT molecular complexity index is 596. The molecule has 0 fully saturated rings. The summed E-state index contributed by atoms with van der Waals surface area (Å²) in [6, 6.07) is 5.53. The third-order valence-electron chi connectivity index (χ3n) is 2.38. The number of halogens is 1. The number of hydrogen-bond donors (Lipinski definition) is 1. The molecule has 3 nitrogen and oxygen atoms in total. The number of rotatable bonds is 0. The fraction of sp³-hybridized carbons (Fsp3) is 0.333. The van der Waals surface area contributed by atoms with E-state index in [0.717, 1.165) is 9.99 Å². The molecule has 1 N–H and O–H groups in total. The molecule has 0 saturated heterocycles. The average molecular weight is 281 g/mol. The van der Waals surface area contributed by atoms with Crippen molar-refractivity contribution in [3.63, 3.8) is 0 Å². The highest BCUT2D eigenvalue weighted by atomic mass is 79.9. The standard InChI is InChI=1S/C12H13BrN2O/c1-12(2,3)11-14-9-5-4-7(13)6-8(9)10(16)15-11/h4-6H,1-3H3,(H,14,15,16). The van der Waals surface area contributed by atoms with Gasteiger partial charge in [-0.3, -0.25) is 4.79 Å². The van der Waals surface area contributed by atoms with E-state index in [9.17, 15) is 4.79 Å². The van der Waals surface area contributed by atoms with Gasteiger partial charge in [0.15, 0.2) is 0 Å². The topological polar surface area (TPSA) is 45.8 Å². The molecule has 1 aromatic heterocycles. The van der Waals surface area contributed by atoms with Crippen LogP contribution in [0.3, 0.4) is 0 Å². The fourth-order valence-electron chi connectivity index (χ4n) is 1.47. The third-order valence-corrected chi connectivity index (χ3v) is 2.87. The van der Waals surface area contributed by atoms with Crippen LogP contribution in [-0.2, 0) is 5.41 Å².